The van der Waals surface area contributed by atoms with E-state index in [0.29, 0.717) is 0 Å². The quantitative estimate of drug-likeness (QED) is 0.491. The summed E-state index contributed by atoms with van der Waals surface area (Å²) in [5, 5.41) is 2.32. The van der Waals surface area contributed by atoms with Crippen LogP contribution in [0.3, 0.4) is 0 Å². The molecule has 148 valence electrons. The van der Waals surface area contributed by atoms with Crippen molar-refractivity contribution in [3.63, 3.8) is 0 Å². The van der Waals surface area contributed by atoms with Gasteiger partial charge in [-0.1, -0.05) is 36.4 Å². The largest absolute Gasteiger partial charge is 0.488 e. The average molecular weight is 413 g/mol. The zero-order valence-corrected chi connectivity index (χ0v) is 14.8. The number of nitrogens with one attached hydrogen (secondary N) is 1. The molecule has 0 spiro atoms. The van der Waals surface area contributed by atoms with Crippen molar-refractivity contribution in [2.45, 2.75) is 31.2 Å². The van der Waals surface area contributed by atoms with E-state index in [1.165, 1.54) is 13.0 Å². The van der Waals surface area contributed by atoms with Gasteiger partial charge >= 0.3 is 12.4 Å². The van der Waals surface area contributed by atoms with Crippen molar-refractivity contribution < 1.29 is 31.1 Å². The summed E-state index contributed by atoms with van der Waals surface area (Å²) in [5.41, 5.74) is -1.96. The molecule has 1 atom stereocenters. The number of alkyl halides is 6. The van der Waals surface area contributed by atoms with Crippen LogP contribution in [0.4, 0.5) is 26.3 Å². The third kappa shape index (κ3) is 4.97. The van der Waals surface area contributed by atoms with Crippen LogP contribution in [0.2, 0.25) is 0 Å². The second-order valence-corrected chi connectivity index (χ2v) is 6.39. The van der Waals surface area contributed by atoms with E-state index in [1.807, 2.05) is 0 Å². The fraction of sp³-hybridized carbons (Fsp3) is 0.353. The molecule has 0 aromatic heterocycles. The van der Waals surface area contributed by atoms with E-state index >= 15 is 0 Å². The van der Waals surface area contributed by atoms with Gasteiger partial charge in [-0.25, -0.2) is 0 Å². The molecule has 1 aliphatic heterocycles. The van der Waals surface area contributed by atoms with Gasteiger partial charge in [-0.3, -0.25) is 4.99 Å². The number of hydrogen-bond acceptors (Lipinski definition) is 3. The van der Waals surface area contributed by atoms with Crippen LogP contribution < -0.4 is 5.32 Å². The summed E-state index contributed by atoms with van der Waals surface area (Å²) < 4.78 is 81.9. The monoisotopic (exact) mass is 412 g/mol. The first-order valence-corrected chi connectivity index (χ1v) is 7.99. The molecule has 0 radical (unpaired) electrons. The minimum atomic E-state index is -4.64. The maximum Gasteiger partial charge on any atom is 0.449 e. The first-order valence-electron chi connectivity index (χ1n) is 7.61. The third-order valence-corrected chi connectivity index (χ3v) is 4.08. The molecule has 10 heteroatoms. The second-order valence-electron chi connectivity index (χ2n) is 5.93. The van der Waals surface area contributed by atoms with Gasteiger partial charge in [-0.15, -0.1) is 0 Å². The molecule has 27 heavy (non-hydrogen) atoms. The third-order valence-electron chi connectivity index (χ3n) is 3.76. The molecule has 1 unspecified atom stereocenters. The van der Waals surface area contributed by atoms with Crippen LogP contribution in [0.15, 0.2) is 64.0 Å². The van der Waals surface area contributed by atoms with Crippen LogP contribution in [0.25, 0.3) is 0 Å². The van der Waals surface area contributed by atoms with E-state index in [0.717, 1.165) is 24.3 Å². The van der Waals surface area contributed by atoms with Crippen molar-refractivity contribution >= 4 is 17.4 Å². The van der Waals surface area contributed by atoms with Crippen molar-refractivity contribution in [3.8, 4) is 0 Å². The Labute approximate surface area is 156 Å². The molecule has 1 heterocycles. The molecule has 0 bridgehead atoms. The van der Waals surface area contributed by atoms with Crippen molar-refractivity contribution in [3.05, 3.63) is 59.0 Å². The van der Waals surface area contributed by atoms with Crippen molar-refractivity contribution in [2.24, 2.45) is 4.99 Å². The number of halogens is 7. The van der Waals surface area contributed by atoms with Gasteiger partial charge in [0, 0.05) is 18.2 Å². The van der Waals surface area contributed by atoms with Crippen LogP contribution in [0.5, 0.6) is 0 Å². The summed E-state index contributed by atoms with van der Waals surface area (Å²) in [4.78, 5) is 3.65. The molecule has 0 saturated carbocycles. The van der Waals surface area contributed by atoms with Gasteiger partial charge in [-0.2, -0.15) is 26.3 Å². The zero-order valence-electron chi connectivity index (χ0n) is 14.0. The molecule has 0 aromatic carbocycles. The number of rotatable bonds is 5. The Hall–Kier alpha value is -2.16. The fourth-order valence-corrected chi connectivity index (χ4v) is 2.83. The summed E-state index contributed by atoms with van der Waals surface area (Å²) in [6.07, 6.45) is -4.21. The highest BCUT2D eigenvalue weighted by molar-refractivity contribution is 6.30. The van der Waals surface area contributed by atoms with Gasteiger partial charge in [-0.05, 0) is 13.0 Å². The minimum Gasteiger partial charge on any atom is -0.488 e. The summed E-state index contributed by atoms with van der Waals surface area (Å²) in [7, 11) is 0. The standard InChI is InChI=1S/C17H15ClF6N2O/c1-3-5-10(16(19,20)21)6-4-7-27-12-8-13-15(2,9-11(12)18)26-14(25-13)17(22,23)24/h3-6,8H,1,7,9H2,2H3,(H,25,26)/b6-4-,10-5+. The molecule has 2 rings (SSSR count). The number of ether oxygens (including phenoxy) is 1. The Balaban J connectivity index is 2.08. The van der Waals surface area contributed by atoms with E-state index in [2.05, 4.69) is 16.9 Å². The van der Waals surface area contributed by atoms with E-state index in [9.17, 15) is 26.3 Å². The van der Waals surface area contributed by atoms with E-state index in [1.54, 1.807) is 0 Å². The fourth-order valence-electron chi connectivity index (χ4n) is 2.46. The molecule has 0 amide bonds. The first-order chi connectivity index (χ1) is 12.4. The predicted octanol–water partition coefficient (Wildman–Crippen LogP) is 5.29. The van der Waals surface area contributed by atoms with Crippen molar-refractivity contribution in [1.29, 1.82) is 0 Å². The highest BCUT2D eigenvalue weighted by Gasteiger charge is 2.47. The summed E-state index contributed by atoms with van der Waals surface area (Å²) >= 11 is 6.07. The Morgan fingerprint density at radius 3 is 2.59 bits per heavy atom. The number of aliphatic imine (C=N–C) groups is 1. The Kier molecular flexibility index (Phi) is 5.84. The number of amidine groups is 1. The second kappa shape index (κ2) is 7.46. The zero-order chi connectivity index (χ0) is 20.5. The van der Waals surface area contributed by atoms with Gasteiger partial charge in [0.2, 0.25) is 5.84 Å². The molecule has 3 nitrogen and oxygen atoms in total. The van der Waals surface area contributed by atoms with Crippen LogP contribution in [0, 0.1) is 0 Å². The smallest absolute Gasteiger partial charge is 0.449 e. The number of hydrogen-bond donors (Lipinski definition) is 1. The lowest BCUT2D eigenvalue weighted by Crippen LogP contribution is -2.34. The Morgan fingerprint density at radius 2 is 2.04 bits per heavy atom. The van der Waals surface area contributed by atoms with E-state index in [4.69, 9.17) is 16.3 Å². The highest BCUT2D eigenvalue weighted by Crippen LogP contribution is 2.41. The normalized spacial score (nSPS) is 23.8. The molecule has 1 N–H and O–H groups in total. The molecule has 0 saturated heterocycles. The highest BCUT2D eigenvalue weighted by atomic mass is 35.5. The molecule has 0 fully saturated rings. The average Bonchev–Trinajstić information content (AvgIpc) is 2.85. The number of allylic oxidation sites excluding steroid dienone is 5. The van der Waals surface area contributed by atoms with Crippen LogP contribution in [0.1, 0.15) is 13.3 Å². The van der Waals surface area contributed by atoms with E-state index in [-0.39, 0.29) is 29.5 Å². The maximum atomic E-state index is 12.8. The molecule has 0 aromatic rings. The lowest BCUT2D eigenvalue weighted by Gasteiger charge is -2.27. The van der Waals surface area contributed by atoms with Crippen LogP contribution >= 0.6 is 11.6 Å². The Bertz CT molecular complexity index is 773. The summed E-state index contributed by atoms with van der Waals surface area (Å²) in [5.74, 6) is -1.06. The van der Waals surface area contributed by atoms with Gasteiger partial charge < -0.3 is 10.1 Å². The summed E-state index contributed by atoms with van der Waals surface area (Å²) in [6, 6.07) is 0. The first kappa shape index (κ1) is 21.1. The Morgan fingerprint density at radius 1 is 1.37 bits per heavy atom. The van der Waals surface area contributed by atoms with Gasteiger partial charge in [0.05, 0.1) is 10.6 Å². The topological polar surface area (TPSA) is 33.6 Å². The molecular formula is C17H15ClF6N2O. The van der Waals surface area contributed by atoms with Gasteiger partial charge in [0.25, 0.3) is 0 Å². The minimum absolute atomic E-state index is 0.0316. The van der Waals surface area contributed by atoms with Gasteiger partial charge in [0.1, 0.15) is 17.9 Å². The van der Waals surface area contributed by atoms with Gasteiger partial charge in [0.15, 0.2) is 0 Å². The lowest BCUT2D eigenvalue weighted by atomic mass is 9.90. The molecule has 2 aliphatic rings. The van der Waals surface area contributed by atoms with Crippen molar-refractivity contribution in [2.75, 3.05) is 6.61 Å². The van der Waals surface area contributed by atoms with Crippen LogP contribution in [-0.2, 0) is 4.74 Å². The number of nitrogens with zero attached hydrogens (tertiary/aromatic N) is 1. The SMILES string of the molecule is C=C/C=C(\C=C/COC1=C(Cl)CC2(C)N=C(C(F)(F)F)NC2=C1)C(F)(F)F. The molecular weight excluding hydrogens is 398 g/mol. The predicted molar refractivity (Wildman–Crippen MR) is 90.0 cm³/mol. The number of fused-ring (bicyclic) bond motifs is 1. The van der Waals surface area contributed by atoms with Crippen LogP contribution in [-0.4, -0.2) is 30.3 Å². The van der Waals surface area contributed by atoms with E-state index < -0.39 is 29.3 Å². The maximum absolute atomic E-state index is 12.8. The molecule has 1 aliphatic carbocycles. The van der Waals surface area contributed by atoms with Crippen molar-refractivity contribution in [1.82, 2.24) is 5.32 Å². The summed E-state index contributed by atoms with van der Waals surface area (Å²) in [6.45, 7) is 4.44. The lowest BCUT2D eigenvalue weighted by molar-refractivity contribution is -0.0882.